The van der Waals surface area contributed by atoms with Crippen molar-refractivity contribution in [3.8, 4) is 0 Å². The quantitative estimate of drug-likeness (QED) is 0.236. The maximum Gasteiger partial charge on any atom is 0.407 e. The second-order valence-electron chi connectivity index (χ2n) is 11.8. The molecule has 14 nitrogen and oxygen atoms in total. The summed E-state index contributed by atoms with van der Waals surface area (Å²) in [5.74, 6) is 0.342. The Labute approximate surface area is 253 Å². The Kier molecular flexibility index (Phi) is 11.7. The normalized spacial score (nSPS) is 18.1. The van der Waals surface area contributed by atoms with Gasteiger partial charge < -0.3 is 25.0 Å². The zero-order chi connectivity index (χ0) is 31.8. The van der Waals surface area contributed by atoms with Gasteiger partial charge in [0.25, 0.3) is 0 Å². The third kappa shape index (κ3) is 9.78. The third-order valence-electron chi connectivity index (χ3n) is 7.51. The first-order chi connectivity index (χ1) is 20.2. The number of fused-ring (bicyclic) bond motifs is 1. The van der Waals surface area contributed by atoms with Crippen LogP contribution >= 0.6 is 0 Å². The van der Waals surface area contributed by atoms with Gasteiger partial charge in [-0.3, -0.25) is 4.57 Å². The molecular formula is C28H45N7O7S. The Bertz CT molecular complexity index is 1370. The smallest absolute Gasteiger partial charge is 0.407 e. The van der Waals surface area contributed by atoms with Crippen molar-refractivity contribution in [1.82, 2.24) is 29.9 Å². The highest BCUT2D eigenvalue weighted by Gasteiger charge is 2.29. The number of esters is 1. The first-order valence-electron chi connectivity index (χ1n) is 14.6. The zero-order valence-electron chi connectivity index (χ0n) is 25.9. The lowest BCUT2D eigenvalue weighted by Crippen LogP contribution is -2.43. The van der Waals surface area contributed by atoms with Crippen LogP contribution in [0.25, 0.3) is 11.0 Å². The Hall–Kier alpha value is -3.46. The summed E-state index contributed by atoms with van der Waals surface area (Å²) in [7, 11) is 1.39. The van der Waals surface area contributed by atoms with E-state index in [0.29, 0.717) is 42.7 Å². The monoisotopic (exact) mass is 623 g/mol. The molecule has 240 valence electrons. The highest BCUT2D eigenvalue weighted by atomic mass is 32.2. The maximum atomic E-state index is 13.3. The molecule has 1 saturated carbocycles. The molecule has 2 amide bonds. The minimum absolute atomic E-state index is 0.112. The van der Waals surface area contributed by atoms with Gasteiger partial charge in [-0.1, -0.05) is 0 Å². The zero-order valence-corrected chi connectivity index (χ0v) is 26.7. The molecule has 1 aliphatic carbocycles. The number of methoxy groups -OCH3 is 1. The molecule has 0 aliphatic heterocycles. The molecule has 2 aromatic rings. The van der Waals surface area contributed by atoms with E-state index in [2.05, 4.69) is 30.2 Å². The molecule has 43 heavy (non-hydrogen) atoms. The van der Waals surface area contributed by atoms with Crippen molar-refractivity contribution in [2.75, 3.05) is 38.4 Å². The van der Waals surface area contributed by atoms with E-state index >= 15 is 0 Å². The topological polar surface area (TPSA) is 174 Å². The summed E-state index contributed by atoms with van der Waals surface area (Å²) in [5, 5.41) is 6.10. The third-order valence-corrected chi connectivity index (χ3v) is 9.05. The number of carbonyl (C=O) groups is 3. The summed E-state index contributed by atoms with van der Waals surface area (Å²) in [6.07, 6.45) is 7.14. The number of unbranched alkanes of at least 4 members (excludes halogenated alkanes) is 1. The van der Waals surface area contributed by atoms with E-state index in [4.69, 9.17) is 9.47 Å². The molecule has 1 fully saturated rings. The van der Waals surface area contributed by atoms with Crippen LogP contribution in [0.1, 0.15) is 65.7 Å². The van der Waals surface area contributed by atoms with Crippen molar-refractivity contribution < 1.29 is 32.3 Å². The van der Waals surface area contributed by atoms with Crippen LogP contribution in [-0.2, 0) is 24.3 Å². The van der Waals surface area contributed by atoms with Crippen LogP contribution in [0.5, 0.6) is 0 Å². The summed E-state index contributed by atoms with van der Waals surface area (Å²) in [6, 6.07) is 0.511. The minimum Gasteiger partial charge on any atom is -0.467 e. The van der Waals surface area contributed by atoms with Crippen molar-refractivity contribution in [3.05, 3.63) is 18.6 Å². The first kappa shape index (κ1) is 34.0. The first-order valence-corrected chi connectivity index (χ1v) is 16.2. The Morgan fingerprint density at radius 3 is 2.47 bits per heavy atom. The van der Waals surface area contributed by atoms with E-state index in [9.17, 15) is 22.8 Å². The lowest BCUT2D eigenvalue weighted by atomic mass is 9.86. The van der Waals surface area contributed by atoms with Crippen LogP contribution in [0.3, 0.4) is 0 Å². The van der Waals surface area contributed by atoms with Gasteiger partial charge in [0, 0.05) is 25.8 Å². The number of anilines is 1. The fourth-order valence-corrected chi connectivity index (χ4v) is 6.36. The molecule has 3 rings (SSSR count). The average Bonchev–Trinajstić information content (AvgIpc) is 3.39. The number of hydrogen-bond donors (Lipinski definition) is 3. The molecule has 2 heterocycles. The molecule has 2 aromatic heterocycles. The van der Waals surface area contributed by atoms with Gasteiger partial charge in [-0.2, -0.15) is 0 Å². The fraction of sp³-hybridized carbons (Fsp3) is 0.679. The number of ether oxygens (including phenoxy) is 2. The molecule has 0 unspecified atom stereocenters. The summed E-state index contributed by atoms with van der Waals surface area (Å²) >= 11 is 0. The number of nitrogens with one attached hydrogen (secondary N) is 3. The van der Waals surface area contributed by atoms with Crippen molar-refractivity contribution in [1.29, 1.82) is 0 Å². The highest BCUT2D eigenvalue weighted by Crippen LogP contribution is 2.32. The SMILES string of the molecule is CNS(=O)(=O)C[C@H]1CC[C@H](N(C)c2ncnc3c2ccn3C(=O)N[C@@H](CCCCNC(=O)OC(C)(C)C)C(=O)OC)CC1. The lowest BCUT2D eigenvalue weighted by Gasteiger charge is -2.35. The summed E-state index contributed by atoms with van der Waals surface area (Å²) in [6.45, 7) is 5.71. The average molecular weight is 624 g/mol. The summed E-state index contributed by atoms with van der Waals surface area (Å²) in [4.78, 5) is 48.4. The predicted molar refractivity (Wildman–Crippen MR) is 162 cm³/mol. The van der Waals surface area contributed by atoms with Gasteiger partial charge in [-0.05, 0) is 84.7 Å². The van der Waals surface area contributed by atoms with E-state index < -0.39 is 39.8 Å². The number of hydrogen-bond acceptors (Lipinski definition) is 10. The largest absolute Gasteiger partial charge is 0.467 e. The van der Waals surface area contributed by atoms with Crippen molar-refractivity contribution in [2.45, 2.75) is 83.4 Å². The number of alkyl carbamates (subject to hydrolysis) is 1. The number of carbonyl (C=O) groups excluding carboxylic acids is 3. The van der Waals surface area contributed by atoms with Crippen molar-refractivity contribution in [2.24, 2.45) is 5.92 Å². The van der Waals surface area contributed by atoms with Crippen LogP contribution in [-0.4, -0.2) is 92.2 Å². The Morgan fingerprint density at radius 2 is 1.84 bits per heavy atom. The number of rotatable bonds is 12. The van der Waals surface area contributed by atoms with Gasteiger partial charge in [0.15, 0.2) is 5.65 Å². The van der Waals surface area contributed by atoms with Gasteiger partial charge in [-0.15, -0.1) is 0 Å². The van der Waals surface area contributed by atoms with Crippen LogP contribution in [0, 0.1) is 5.92 Å². The lowest BCUT2D eigenvalue weighted by molar-refractivity contribution is -0.143. The van der Waals surface area contributed by atoms with E-state index in [-0.39, 0.29) is 17.7 Å². The molecule has 0 saturated heterocycles. The van der Waals surface area contributed by atoms with Crippen LogP contribution in [0.4, 0.5) is 15.4 Å². The number of amides is 2. The number of aromatic nitrogens is 3. The second kappa shape index (κ2) is 14.8. The molecule has 3 N–H and O–H groups in total. The van der Waals surface area contributed by atoms with Gasteiger partial charge in [0.1, 0.15) is 23.8 Å². The van der Waals surface area contributed by atoms with Crippen molar-refractivity contribution in [3.63, 3.8) is 0 Å². The van der Waals surface area contributed by atoms with Gasteiger partial charge in [0.05, 0.1) is 18.2 Å². The highest BCUT2D eigenvalue weighted by molar-refractivity contribution is 7.89. The van der Waals surface area contributed by atoms with Crippen molar-refractivity contribution >= 4 is 45.0 Å². The van der Waals surface area contributed by atoms with E-state index in [1.807, 2.05) is 7.05 Å². The molecule has 0 radical (unpaired) electrons. The molecule has 0 aromatic carbocycles. The van der Waals surface area contributed by atoms with Gasteiger partial charge in [-0.25, -0.2) is 37.5 Å². The van der Waals surface area contributed by atoms with Crippen LogP contribution in [0.2, 0.25) is 0 Å². The van der Waals surface area contributed by atoms with Crippen LogP contribution in [0.15, 0.2) is 18.6 Å². The molecule has 0 spiro atoms. The Balaban J connectivity index is 1.61. The Morgan fingerprint density at radius 1 is 1.14 bits per heavy atom. The van der Waals surface area contributed by atoms with E-state index in [1.54, 1.807) is 33.0 Å². The molecule has 1 aliphatic rings. The molecule has 0 bridgehead atoms. The van der Waals surface area contributed by atoms with Gasteiger partial charge in [0.2, 0.25) is 10.0 Å². The second-order valence-corrected chi connectivity index (χ2v) is 13.8. The standard InChI is InChI=1S/C28H45N7O7S/c1-28(2,3)42-27(38)30-15-8-7-9-22(25(36)41-6)33-26(37)35-16-14-21-23(31-18-32-24(21)35)34(5)20-12-10-19(11-13-20)17-43(39,40)29-4/h14,16,18-20,22,29H,7-13,15,17H2,1-6H3,(H,30,38)(H,33,37)/t19-,20-,22-/m0/s1. The minimum atomic E-state index is -3.25. The summed E-state index contributed by atoms with van der Waals surface area (Å²) < 4.78 is 37.8. The molecule has 15 heteroatoms. The fourth-order valence-electron chi connectivity index (χ4n) is 5.24. The van der Waals surface area contributed by atoms with Crippen LogP contribution < -0.4 is 20.3 Å². The van der Waals surface area contributed by atoms with E-state index in [0.717, 1.165) is 25.7 Å². The molecule has 1 atom stereocenters. The number of sulfonamides is 1. The molecular weight excluding hydrogens is 578 g/mol. The van der Waals surface area contributed by atoms with Gasteiger partial charge >= 0.3 is 18.1 Å². The maximum absolute atomic E-state index is 13.3. The van der Waals surface area contributed by atoms with E-state index in [1.165, 1.54) is 25.1 Å². The predicted octanol–water partition coefficient (Wildman–Crippen LogP) is 2.77. The number of nitrogens with zero attached hydrogens (tertiary/aromatic N) is 4. The summed E-state index contributed by atoms with van der Waals surface area (Å²) in [5.41, 5.74) is -0.194.